The van der Waals surface area contributed by atoms with Gasteiger partial charge in [0, 0.05) is 28.8 Å². The summed E-state index contributed by atoms with van der Waals surface area (Å²) < 4.78 is 26.6. The second-order valence-corrected chi connectivity index (χ2v) is 10.6. The van der Waals surface area contributed by atoms with Gasteiger partial charge in [-0.3, -0.25) is 14.5 Å². The summed E-state index contributed by atoms with van der Waals surface area (Å²) >= 11 is 3.32. The number of sulfonamides is 1. The first-order valence-corrected chi connectivity index (χ1v) is 12.5. The van der Waals surface area contributed by atoms with E-state index in [9.17, 15) is 13.2 Å². The van der Waals surface area contributed by atoms with Crippen LogP contribution >= 0.6 is 22.7 Å². The lowest BCUT2D eigenvalue weighted by atomic mass is 10.2. The van der Waals surface area contributed by atoms with E-state index in [-0.39, 0.29) is 23.8 Å². The third-order valence-electron chi connectivity index (χ3n) is 4.50. The van der Waals surface area contributed by atoms with E-state index in [0.717, 1.165) is 22.0 Å². The molecule has 4 rings (SSSR count). The molecule has 0 fully saturated rings. The normalized spacial score (nSPS) is 15.7. The Morgan fingerprint density at radius 1 is 1.23 bits per heavy atom. The van der Waals surface area contributed by atoms with Gasteiger partial charge in [0.15, 0.2) is 0 Å². The summed E-state index contributed by atoms with van der Waals surface area (Å²) in [4.78, 5) is 23.4. The quantitative estimate of drug-likeness (QED) is 0.566. The Morgan fingerprint density at radius 3 is 2.87 bits per heavy atom. The number of nitrogens with zero attached hydrogens (tertiary/aromatic N) is 2. The molecule has 1 aliphatic rings. The number of fused-ring (bicyclic) bond motifs is 1. The first-order valence-electron chi connectivity index (χ1n) is 9.37. The van der Waals surface area contributed by atoms with E-state index in [0.29, 0.717) is 17.9 Å². The van der Waals surface area contributed by atoms with Crippen LogP contribution in [0, 0.1) is 6.92 Å². The van der Waals surface area contributed by atoms with E-state index in [1.165, 1.54) is 4.88 Å². The Kier molecular flexibility index (Phi) is 5.98. The van der Waals surface area contributed by atoms with Crippen molar-refractivity contribution in [1.82, 2.24) is 15.0 Å². The molecular weight excluding hydrogens is 440 g/mol. The third-order valence-corrected chi connectivity index (χ3v) is 7.84. The molecular formula is C20H20N4O3S3. The maximum Gasteiger partial charge on any atom is 0.263 e. The fourth-order valence-electron chi connectivity index (χ4n) is 3.06. The van der Waals surface area contributed by atoms with Crippen LogP contribution in [0.3, 0.4) is 0 Å². The van der Waals surface area contributed by atoms with Crippen LogP contribution < -0.4 is 10.0 Å². The number of hydrogen-bond acceptors (Lipinski definition) is 7. The summed E-state index contributed by atoms with van der Waals surface area (Å²) in [6.07, 6.45) is 0.947. The Labute approximate surface area is 183 Å². The minimum Gasteiger partial charge on any atom is -0.356 e. The Morgan fingerprint density at radius 2 is 2.07 bits per heavy atom. The number of thiazole rings is 1. The van der Waals surface area contributed by atoms with E-state index >= 15 is 0 Å². The van der Waals surface area contributed by atoms with Crippen molar-refractivity contribution >= 4 is 44.4 Å². The molecule has 30 heavy (non-hydrogen) atoms. The minimum absolute atomic E-state index is 0.111. The smallest absolute Gasteiger partial charge is 0.263 e. The molecule has 0 saturated carbocycles. The molecule has 3 heterocycles. The van der Waals surface area contributed by atoms with Gasteiger partial charge in [0.25, 0.3) is 10.0 Å². The zero-order valence-corrected chi connectivity index (χ0v) is 18.7. The molecule has 0 saturated heterocycles. The number of benzene rings is 1. The van der Waals surface area contributed by atoms with E-state index in [2.05, 4.69) is 37.5 Å². The average molecular weight is 461 g/mol. The number of hydrogen-bond donors (Lipinski definition) is 2. The third kappa shape index (κ3) is 4.61. The molecule has 7 nitrogen and oxygen atoms in total. The summed E-state index contributed by atoms with van der Waals surface area (Å²) in [6, 6.07) is 10.8. The van der Waals surface area contributed by atoms with Gasteiger partial charge in [0.2, 0.25) is 5.91 Å². The standard InChI is InChI=1S/C20H20N4O3S3/c1-13-23-16(12-28-13)17-7-6-14(29-17)8-10-21-19(25)9-11-22-20-15-4-2-3-5-18(15)30(26,27)24-20/h2-7,12H,8-11H2,1H3,(H,21,25)(H,22,24). The lowest BCUT2D eigenvalue weighted by Gasteiger charge is -2.03. The Hall–Kier alpha value is -2.56. The molecule has 1 aromatic carbocycles. The highest BCUT2D eigenvalue weighted by molar-refractivity contribution is 7.90. The number of rotatable bonds is 7. The highest BCUT2D eigenvalue weighted by atomic mass is 32.2. The molecule has 1 amide bonds. The van der Waals surface area contributed by atoms with Crippen LogP contribution in [-0.2, 0) is 21.2 Å². The molecule has 2 N–H and O–H groups in total. The first-order chi connectivity index (χ1) is 14.4. The van der Waals surface area contributed by atoms with Crippen molar-refractivity contribution in [2.75, 3.05) is 13.1 Å². The van der Waals surface area contributed by atoms with Gasteiger partial charge in [-0.25, -0.2) is 13.4 Å². The maximum atomic E-state index is 12.1. The minimum atomic E-state index is -3.55. The molecule has 10 heteroatoms. The van der Waals surface area contributed by atoms with Crippen molar-refractivity contribution < 1.29 is 13.2 Å². The molecule has 0 aliphatic carbocycles. The van der Waals surface area contributed by atoms with Crippen molar-refractivity contribution in [3.63, 3.8) is 0 Å². The number of carbonyl (C=O) groups is 1. The second-order valence-electron chi connectivity index (χ2n) is 6.70. The SMILES string of the molecule is Cc1nc(-c2ccc(CCNC(=O)CCN=C3NS(=O)(=O)c4ccccc43)s2)cs1. The van der Waals surface area contributed by atoms with Gasteiger partial charge in [-0.2, -0.15) is 0 Å². The van der Waals surface area contributed by atoms with Gasteiger partial charge in [0.05, 0.1) is 27.0 Å². The number of amidine groups is 1. The molecule has 0 atom stereocenters. The maximum absolute atomic E-state index is 12.1. The van der Waals surface area contributed by atoms with Gasteiger partial charge >= 0.3 is 0 Å². The summed E-state index contributed by atoms with van der Waals surface area (Å²) in [7, 11) is -3.55. The van der Waals surface area contributed by atoms with Crippen molar-refractivity contribution in [1.29, 1.82) is 0 Å². The average Bonchev–Trinajstić information content (AvgIpc) is 3.41. The van der Waals surface area contributed by atoms with E-state index in [1.807, 2.05) is 6.92 Å². The van der Waals surface area contributed by atoms with E-state index < -0.39 is 10.0 Å². The van der Waals surface area contributed by atoms with Gasteiger partial charge in [0.1, 0.15) is 5.84 Å². The molecule has 0 radical (unpaired) electrons. The number of aryl methyl sites for hydroxylation is 1. The van der Waals surface area contributed by atoms with E-state index in [1.54, 1.807) is 46.9 Å². The van der Waals surface area contributed by atoms with Gasteiger partial charge in [-0.1, -0.05) is 12.1 Å². The van der Waals surface area contributed by atoms with Crippen LogP contribution in [0.25, 0.3) is 10.6 Å². The van der Waals surface area contributed by atoms with Crippen LogP contribution in [0.1, 0.15) is 21.9 Å². The zero-order chi connectivity index (χ0) is 21.1. The fourth-order valence-corrected chi connectivity index (χ4v) is 5.97. The van der Waals surface area contributed by atoms with Crippen LogP contribution in [-0.4, -0.2) is 38.2 Å². The summed E-state index contributed by atoms with van der Waals surface area (Å²) in [5.41, 5.74) is 1.54. The summed E-state index contributed by atoms with van der Waals surface area (Å²) in [5.74, 6) is 0.183. The van der Waals surface area contributed by atoms with Gasteiger partial charge < -0.3 is 5.32 Å². The molecule has 0 unspecified atom stereocenters. The Balaban J connectivity index is 1.25. The van der Waals surface area contributed by atoms with Crippen LogP contribution in [0.5, 0.6) is 0 Å². The van der Waals surface area contributed by atoms with Gasteiger partial charge in [-0.15, -0.1) is 22.7 Å². The molecule has 1 aliphatic heterocycles. The summed E-state index contributed by atoms with van der Waals surface area (Å²) in [6.45, 7) is 2.74. The predicted molar refractivity (Wildman–Crippen MR) is 120 cm³/mol. The number of amides is 1. The monoisotopic (exact) mass is 460 g/mol. The van der Waals surface area contributed by atoms with Crippen LogP contribution in [0.2, 0.25) is 0 Å². The number of carbonyl (C=O) groups excluding carboxylic acids is 1. The molecule has 156 valence electrons. The predicted octanol–water partition coefficient (Wildman–Crippen LogP) is 2.97. The zero-order valence-electron chi connectivity index (χ0n) is 16.2. The molecule has 0 bridgehead atoms. The van der Waals surface area contributed by atoms with Gasteiger partial charge in [-0.05, 0) is 37.6 Å². The van der Waals surface area contributed by atoms with Crippen LogP contribution in [0.4, 0.5) is 0 Å². The molecule has 3 aromatic rings. The number of nitrogens with one attached hydrogen (secondary N) is 2. The lowest BCUT2D eigenvalue weighted by Crippen LogP contribution is -2.26. The highest BCUT2D eigenvalue weighted by Gasteiger charge is 2.29. The largest absolute Gasteiger partial charge is 0.356 e. The number of thiophene rings is 1. The summed E-state index contributed by atoms with van der Waals surface area (Å²) in [5, 5.41) is 5.99. The number of aromatic nitrogens is 1. The van der Waals surface area contributed by atoms with Crippen LogP contribution in [0.15, 0.2) is 51.7 Å². The highest BCUT2D eigenvalue weighted by Crippen LogP contribution is 2.29. The van der Waals surface area contributed by atoms with E-state index in [4.69, 9.17) is 0 Å². The first kappa shape index (κ1) is 20.7. The molecule has 2 aromatic heterocycles. The Bertz CT molecular complexity index is 1210. The van der Waals surface area contributed by atoms with Crippen molar-refractivity contribution in [3.05, 3.63) is 57.2 Å². The van der Waals surface area contributed by atoms with Crippen molar-refractivity contribution in [3.8, 4) is 10.6 Å². The topological polar surface area (TPSA) is 101 Å². The molecule has 0 spiro atoms. The number of aliphatic imine (C=N–C) groups is 1. The second kappa shape index (κ2) is 8.66. The lowest BCUT2D eigenvalue weighted by molar-refractivity contribution is -0.120. The fraction of sp³-hybridized carbons (Fsp3) is 0.250. The van der Waals surface area contributed by atoms with Crippen molar-refractivity contribution in [2.45, 2.75) is 24.7 Å². The van der Waals surface area contributed by atoms with Crippen molar-refractivity contribution in [2.24, 2.45) is 4.99 Å².